The standard InChI is InChI=1S/C18H14N2O3/c21-13-6-3-5-11(8-13)15-10-16(20-19-15)14-9-12-4-1-2-7-17(12)23-18(14)22/h1-9,15,19,21H,10H2/t15-/m1/s1. The maximum absolute atomic E-state index is 12.2. The molecule has 0 radical (unpaired) electrons. The lowest BCUT2D eigenvalue weighted by atomic mass is 9.99. The number of phenolic OH excluding ortho intramolecular Hbond substituents is 1. The minimum absolute atomic E-state index is 0.0667. The van der Waals surface area contributed by atoms with E-state index >= 15 is 0 Å². The van der Waals surface area contributed by atoms with Gasteiger partial charge in [0.15, 0.2) is 0 Å². The van der Waals surface area contributed by atoms with E-state index in [1.807, 2.05) is 30.3 Å². The van der Waals surface area contributed by atoms with Crippen LogP contribution in [0.1, 0.15) is 23.6 Å². The monoisotopic (exact) mass is 306 g/mol. The third kappa shape index (κ3) is 2.46. The molecule has 3 aromatic rings. The Morgan fingerprint density at radius 2 is 2.00 bits per heavy atom. The van der Waals surface area contributed by atoms with Gasteiger partial charge >= 0.3 is 5.63 Å². The van der Waals surface area contributed by atoms with Gasteiger partial charge in [-0.2, -0.15) is 5.10 Å². The predicted molar refractivity (Wildman–Crippen MR) is 87.6 cm³/mol. The van der Waals surface area contributed by atoms with Crippen molar-refractivity contribution in [1.82, 2.24) is 5.43 Å². The van der Waals surface area contributed by atoms with Crippen molar-refractivity contribution in [2.24, 2.45) is 5.10 Å². The molecule has 0 aliphatic carbocycles. The highest BCUT2D eigenvalue weighted by atomic mass is 16.4. The molecule has 0 spiro atoms. The molecule has 0 bridgehead atoms. The number of hydrogen-bond acceptors (Lipinski definition) is 5. The Kier molecular flexibility index (Phi) is 3.12. The van der Waals surface area contributed by atoms with Gasteiger partial charge in [-0.1, -0.05) is 30.3 Å². The van der Waals surface area contributed by atoms with Crippen LogP contribution in [0, 0.1) is 0 Å². The maximum Gasteiger partial charge on any atom is 0.345 e. The van der Waals surface area contributed by atoms with E-state index in [1.165, 1.54) is 0 Å². The highest BCUT2D eigenvalue weighted by Gasteiger charge is 2.24. The number of phenols is 1. The average Bonchev–Trinajstić information content (AvgIpc) is 3.04. The molecule has 2 aromatic carbocycles. The first-order valence-corrected chi connectivity index (χ1v) is 7.35. The number of rotatable bonds is 2. The number of para-hydroxylation sites is 1. The number of fused-ring (bicyclic) bond motifs is 1. The number of benzene rings is 2. The van der Waals surface area contributed by atoms with E-state index in [0.717, 1.165) is 10.9 Å². The largest absolute Gasteiger partial charge is 0.508 e. The second-order valence-electron chi connectivity index (χ2n) is 5.52. The van der Waals surface area contributed by atoms with Gasteiger partial charge in [-0.3, -0.25) is 0 Å². The second kappa shape index (κ2) is 5.28. The molecule has 0 amide bonds. The molecule has 5 nitrogen and oxygen atoms in total. The minimum atomic E-state index is -0.388. The van der Waals surface area contributed by atoms with Gasteiger partial charge in [0, 0.05) is 11.8 Å². The molecule has 1 atom stereocenters. The van der Waals surface area contributed by atoms with E-state index in [4.69, 9.17) is 4.42 Å². The van der Waals surface area contributed by atoms with Gasteiger partial charge in [-0.15, -0.1) is 0 Å². The fourth-order valence-corrected chi connectivity index (χ4v) is 2.81. The van der Waals surface area contributed by atoms with E-state index < -0.39 is 0 Å². The first-order valence-electron chi connectivity index (χ1n) is 7.35. The third-order valence-electron chi connectivity index (χ3n) is 3.98. The van der Waals surface area contributed by atoms with Crippen LogP contribution in [0.3, 0.4) is 0 Å². The molecular formula is C18H14N2O3. The number of nitrogens with one attached hydrogen (secondary N) is 1. The zero-order valence-corrected chi connectivity index (χ0v) is 12.2. The third-order valence-corrected chi connectivity index (χ3v) is 3.98. The molecule has 1 aromatic heterocycles. The van der Waals surface area contributed by atoms with Gasteiger partial charge in [0.25, 0.3) is 0 Å². The Morgan fingerprint density at radius 1 is 1.13 bits per heavy atom. The Hall–Kier alpha value is -3.08. The molecule has 5 heteroatoms. The fourth-order valence-electron chi connectivity index (χ4n) is 2.81. The Balaban J connectivity index is 1.67. The summed E-state index contributed by atoms with van der Waals surface area (Å²) in [6.45, 7) is 0. The number of hydrazone groups is 1. The molecule has 2 heterocycles. The zero-order chi connectivity index (χ0) is 15.8. The van der Waals surface area contributed by atoms with Crippen molar-refractivity contribution < 1.29 is 9.52 Å². The Bertz CT molecular complexity index is 975. The van der Waals surface area contributed by atoms with Crippen LogP contribution in [0.15, 0.2) is 68.9 Å². The molecule has 0 fully saturated rings. The van der Waals surface area contributed by atoms with E-state index in [9.17, 15) is 9.90 Å². The molecule has 114 valence electrons. The Morgan fingerprint density at radius 3 is 2.87 bits per heavy atom. The molecular weight excluding hydrogens is 292 g/mol. The minimum Gasteiger partial charge on any atom is -0.508 e. The van der Waals surface area contributed by atoms with Gasteiger partial charge < -0.3 is 14.9 Å². The van der Waals surface area contributed by atoms with Crippen LogP contribution in [0.4, 0.5) is 0 Å². The van der Waals surface area contributed by atoms with E-state index in [0.29, 0.717) is 23.3 Å². The highest BCUT2D eigenvalue weighted by Crippen LogP contribution is 2.26. The fraction of sp³-hybridized carbons (Fsp3) is 0.111. The first-order chi connectivity index (χ1) is 11.2. The molecule has 0 saturated heterocycles. The van der Waals surface area contributed by atoms with Crippen molar-refractivity contribution in [1.29, 1.82) is 0 Å². The van der Waals surface area contributed by atoms with Crippen LogP contribution in [-0.2, 0) is 0 Å². The van der Waals surface area contributed by atoms with E-state index in [1.54, 1.807) is 24.3 Å². The summed E-state index contributed by atoms with van der Waals surface area (Å²) in [5.74, 6) is 0.211. The maximum atomic E-state index is 12.2. The number of aromatic hydroxyl groups is 1. The summed E-state index contributed by atoms with van der Waals surface area (Å²) in [7, 11) is 0. The highest BCUT2D eigenvalue weighted by molar-refractivity contribution is 6.03. The van der Waals surface area contributed by atoms with Crippen molar-refractivity contribution in [2.45, 2.75) is 12.5 Å². The van der Waals surface area contributed by atoms with Gasteiger partial charge in [0.05, 0.1) is 17.3 Å². The lowest BCUT2D eigenvalue weighted by Gasteiger charge is -2.10. The van der Waals surface area contributed by atoms with Crippen molar-refractivity contribution in [2.75, 3.05) is 0 Å². The predicted octanol–water partition coefficient (Wildman–Crippen LogP) is 2.94. The van der Waals surface area contributed by atoms with Crippen molar-refractivity contribution in [3.8, 4) is 5.75 Å². The summed E-state index contributed by atoms with van der Waals surface area (Å²) in [5.41, 5.74) is 5.26. The summed E-state index contributed by atoms with van der Waals surface area (Å²) < 4.78 is 5.36. The van der Waals surface area contributed by atoms with Gasteiger partial charge in [-0.05, 0) is 29.8 Å². The van der Waals surface area contributed by atoms with Gasteiger partial charge in [0.1, 0.15) is 11.3 Å². The smallest absolute Gasteiger partial charge is 0.345 e. The van der Waals surface area contributed by atoms with E-state index in [-0.39, 0.29) is 17.4 Å². The second-order valence-corrected chi connectivity index (χ2v) is 5.52. The zero-order valence-electron chi connectivity index (χ0n) is 12.2. The molecule has 1 aliphatic rings. The average molecular weight is 306 g/mol. The van der Waals surface area contributed by atoms with Crippen molar-refractivity contribution in [3.05, 3.63) is 76.1 Å². The van der Waals surface area contributed by atoms with Crippen LogP contribution in [0.2, 0.25) is 0 Å². The molecule has 23 heavy (non-hydrogen) atoms. The van der Waals surface area contributed by atoms with Crippen molar-refractivity contribution >= 4 is 16.7 Å². The molecule has 0 unspecified atom stereocenters. The normalized spacial score (nSPS) is 17.0. The number of hydrogen-bond donors (Lipinski definition) is 2. The molecule has 0 saturated carbocycles. The van der Waals surface area contributed by atoms with Crippen LogP contribution in [0.5, 0.6) is 5.75 Å². The Labute approximate surface area is 131 Å². The van der Waals surface area contributed by atoms with Gasteiger partial charge in [0.2, 0.25) is 0 Å². The summed E-state index contributed by atoms with van der Waals surface area (Å²) in [5, 5.41) is 14.7. The number of nitrogens with zero attached hydrogens (tertiary/aromatic N) is 1. The van der Waals surface area contributed by atoms with Crippen molar-refractivity contribution in [3.63, 3.8) is 0 Å². The molecule has 2 N–H and O–H groups in total. The first kappa shape index (κ1) is 13.6. The van der Waals surface area contributed by atoms with Crippen LogP contribution < -0.4 is 11.1 Å². The lowest BCUT2D eigenvalue weighted by molar-refractivity contribution is 0.472. The SMILES string of the molecule is O=c1oc2ccccc2cc1C1=NN[C@@H](c2cccc(O)c2)C1. The van der Waals surface area contributed by atoms with Crippen LogP contribution >= 0.6 is 0 Å². The van der Waals surface area contributed by atoms with Gasteiger partial charge in [-0.25, -0.2) is 4.79 Å². The lowest BCUT2D eigenvalue weighted by Crippen LogP contribution is -2.14. The summed E-state index contributed by atoms with van der Waals surface area (Å²) in [4.78, 5) is 12.2. The summed E-state index contributed by atoms with van der Waals surface area (Å²) >= 11 is 0. The summed E-state index contributed by atoms with van der Waals surface area (Å²) in [6, 6.07) is 16.2. The topological polar surface area (TPSA) is 74.8 Å². The van der Waals surface area contributed by atoms with Crippen LogP contribution in [-0.4, -0.2) is 10.8 Å². The van der Waals surface area contributed by atoms with E-state index in [2.05, 4.69) is 10.5 Å². The van der Waals surface area contributed by atoms with Crippen LogP contribution in [0.25, 0.3) is 11.0 Å². The molecule has 4 rings (SSSR count). The molecule has 1 aliphatic heterocycles. The quantitative estimate of drug-likeness (QED) is 0.714. The summed E-state index contributed by atoms with van der Waals surface area (Å²) in [6.07, 6.45) is 0.562.